The zero-order chi connectivity index (χ0) is 21.4. The smallest absolute Gasteiger partial charge is 0.251 e. The van der Waals surface area contributed by atoms with Crippen molar-refractivity contribution in [3.05, 3.63) is 47.4 Å². The number of carbonyl (C=O) groups is 2. The average molecular weight is 408 g/mol. The minimum Gasteiger partial charge on any atom is -0.362 e. The van der Waals surface area contributed by atoms with Crippen molar-refractivity contribution in [3.63, 3.8) is 0 Å². The molecule has 3 atom stereocenters. The van der Waals surface area contributed by atoms with E-state index in [1.54, 1.807) is 19.3 Å². The van der Waals surface area contributed by atoms with Gasteiger partial charge in [-0.15, -0.1) is 0 Å². The Morgan fingerprint density at radius 1 is 1.20 bits per heavy atom. The maximum Gasteiger partial charge on any atom is 0.251 e. The lowest BCUT2D eigenvalue weighted by molar-refractivity contribution is -0.117. The first-order valence-corrected chi connectivity index (χ1v) is 10.7. The van der Waals surface area contributed by atoms with Gasteiger partial charge in [0.25, 0.3) is 5.91 Å². The Morgan fingerprint density at radius 3 is 2.57 bits per heavy atom. The van der Waals surface area contributed by atoms with Crippen LogP contribution in [0.5, 0.6) is 0 Å². The van der Waals surface area contributed by atoms with Crippen LogP contribution in [-0.4, -0.2) is 34.4 Å². The van der Waals surface area contributed by atoms with E-state index in [-0.39, 0.29) is 29.8 Å². The van der Waals surface area contributed by atoms with Crippen LogP contribution in [0.1, 0.15) is 61.3 Å². The summed E-state index contributed by atoms with van der Waals surface area (Å²) >= 11 is 0. The fourth-order valence-corrected chi connectivity index (χ4v) is 4.60. The summed E-state index contributed by atoms with van der Waals surface area (Å²) in [7, 11) is 0. The maximum absolute atomic E-state index is 12.7. The molecule has 1 aliphatic heterocycles. The highest BCUT2D eigenvalue weighted by atomic mass is 16.2. The zero-order valence-corrected chi connectivity index (χ0v) is 18.0. The highest BCUT2D eigenvalue weighted by molar-refractivity contribution is 5.98. The predicted octanol–water partition coefficient (Wildman–Crippen LogP) is 3.47. The van der Waals surface area contributed by atoms with Crippen molar-refractivity contribution in [2.75, 3.05) is 16.8 Å². The van der Waals surface area contributed by atoms with Crippen LogP contribution in [0.25, 0.3) is 0 Å². The zero-order valence-electron chi connectivity index (χ0n) is 18.0. The van der Waals surface area contributed by atoms with E-state index in [2.05, 4.69) is 27.5 Å². The van der Waals surface area contributed by atoms with Crippen molar-refractivity contribution in [2.45, 2.75) is 52.6 Å². The summed E-state index contributed by atoms with van der Waals surface area (Å²) < 4.78 is 0. The highest BCUT2D eigenvalue weighted by Crippen LogP contribution is 2.50. The lowest BCUT2D eigenvalue weighted by Gasteiger charge is -2.46. The van der Waals surface area contributed by atoms with Crippen LogP contribution in [0.15, 0.2) is 30.6 Å². The lowest BCUT2D eigenvalue weighted by Crippen LogP contribution is -2.51. The van der Waals surface area contributed by atoms with Crippen molar-refractivity contribution in [2.24, 2.45) is 11.8 Å². The quantitative estimate of drug-likeness (QED) is 0.792. The molecule has 158 valence electrons. The van der Waals surface area contributed by atoms with E-state index in [1.807, 2.05) is 36.9 Å². The van der Waals surface area contributed by atoms with Gasteiger partial charge in [-0.1, -0.05) is 6.92 Å². The Balaban J connectivity index is 1.80. The van der Waals surface area contributed by atoms with Gasteiger partial charge in [0, 0.05) is 36.7 Å². The Labute approximate surface area is 177 Å². The summed E-state index contributed by atoms with van der Waals surface area (Å²) in [5.41, 5.74) is 3.27. The topological polar surface area (TPSA) is 87.2 Å². The van der Waals surface area contributed by atoms with E-state index < -0.39 is 0 Å². The van der Waals surface area contributed by atoms with E-state index in [1.165, 1.54) is 0 Å². The second kappa shape index (κ2) is 8.05. The van der Waals surface area contributed by atoms with E-state index in [0.717, 1.165) is 29.8 Å². The third-order valence-electron chi connectivity index (χ3n) is 6.11. The minimum absolute atomic E-state index is 0.0411. The number of aromatic nitrogens is 2. The number of amides is 2. The van der Waals surface area contributed by atoms with Gasteiger partial charge in [-0.25, -0.2) is 4.98 Å². The maximum atomic E-state index is 12.7. The molecular weight excluding hydrogens is 378 g/mol. The van der Waals surface area contributed by atoms with Crippen molar-refractivity contribution >= 4 is 23.3 Å². The number of benzene rings is 1. The number of hydrogen-bond donors (Lipinski definition) is 2. The van der Waals surface area contributed by atoms with Gasteiger partial charge in [0.1, 0.15) is 5.82 Å². The van der Waals surface area contributed by atoms with E-state index in [0.29, 0.717) is 23.8 Å². The Bertz CT molecular complexity index is 955. The molecule has 2 N–H and O–H groups in total. The predicted molar refractivity (Wildman–Crippen MR) is 116 cm³/mol. The Kier molecular flexibility index (Phi) is 5.45. The summed E-state index contributed by atoms with van der Waals surface area (Å²) in [6, 6.07) is 5.68. The van der Waals surface area contributed by atoms with Crippen LogP contribution in [0.2, 0.25) is 0 Å². The fourth-order valence-electron chi connectivity index (χ4n) is 4.60. The number of rotatable bonds is 5. The molecule has 7 nitrogen and oxygen atoms in total. The van der Waals surface area contributed by atoms with Gasteiger partial charge in [-0.3, -0.25) is 14.6 Å². The van der Waals surface area contributed by atoms with E-state index >= 15 is 0 Å². The molecule has 2 aliphatic rings. The molecule has 1 saturated carbocycles. The van der Waals surface area contributed by atoms with Crippen molar-refractivity contribution in [1.82, 2.24) is 15.3 Å². The summed E-state index contributed by atoms with van der Waals surface area (Å²) in [6.45, 7) is 8.18. The van der Waals surface area contributed by atoms with Gasteiger partial charge in [-0.2, -0.15) is 0 Å². The summed E-state index contributed by atoms with van der Waals surface area (Å²) in [5.74, 6) is 1.28. The third kappa shape index (κ3) is 3.76. The largest absolute Gasteiger partial charge is 0.362 e. The van der Waals surface area contributed by atoms with Crippen LogP contribution >= 0.6 is 0 Å². The number of nitrogens with one attached hydrogen (secondary N) is 2. The Hall–Kier alpha value is -2.96. The lowest BCUT2D eigenvalue weighted by atomic mass is 9.79. The second-order valence-electron chi connectivity index (χ2n) is 8.37. The molecule has 3 unspecified atom stereocenters. The molecular formula is C23H29N5O2. The molecule has 0 radical (unpaired) electrons. The number of aryl methyl sites for hydroxylation is 1. The molecule has 1 aromatic heterocycles. The van der Waals surface area contributed by atoms with Gasteiger partial charge in [0.2, 0.25) is 5.91 Å². The molecule has 0 saturated heterocycles. The number of anilines is 2. The molecule has 1 aliphatic carbocycles. The number of carbonyl (C=O) groups excluding carboxylic acids is 2. The summed E-state index contributed by atoms with van der Waals surface area (Å²) in [4.78, 5) is 35.9. The van der Waals surface area contributed by atoms with Gasteiger partial charge in [0.05, 0.1) is 24.1 Å². The monoisotopic (exact) mass is 407 g/mol. The van der Waals surface area contributed by atoms with Crippen LogP contribution in [-0.2, 0) is 4.79 Å². The van der Waals surface area contributed by atoms with Crippen LogP contribution in [0.4, 0.5) is 11.5 Å². The first-order chi connectivity index (χ1) is 14.4. The molecule has 7 heteroatoms. The van der Waals surface area contributed by atoms with Crippen LogP contribution in [0.3, 0.4) is 0 Å². The van der Waals surface area contributed by atoms with Gasteiger partial charge in [-0.05, 0) is 56.4 Å². The second-order valence-corrected chi connectivity index (χ2v) is 8.37. The average Bonchev–Trinajstić information content (AvgIpc) is 3.55. The molecule has 2 amide bonds. The van der Waals surface area contributed by atoms with Crippen molar-refractivity contribution < 1.29 is 9.59 Å². The standard InChI is InChI=1S/C23H29N5O2/c1-5-24-23(30)17-8-9-19-18(10-17)21(27-20-12-25-13(2)11-26-20)14(3)22(16-6-7-16)28(19)15(4)29/h8-12,14,16,21-22H,5-7H2,1-4H3,(H,24,30)(H,26,27). The van der Waals surface area contributed by atoms with Crippen molar-refractivity contribution in [3.8, 4) is 0 Å². The molecule has 2 aromatic rings. The first-order valence-electron chi connectivity index (χ1n) is 10.7. The van der Waals surface area contributed by atoms with Crippen LogP contribution in [0, 0.1) is 18.8 Å². The summed E-state index contributed by atoms with van der Waals surface area (Å²) in [6.07, 6.45) is 5.76. The van der Waals surface area contributed by atoms with Crippen LogP contribution < -0.4 is 15.5 Å². The van der Waals surface area contributed by atoms with Gasteiger partial charge < -0.3 is 15.5 Å². The first kappa shape index (κ1) is 20.3. The Morgan fingerprint density at radius 2 is 1.97 bits per heavy atom. The molecule has 4 rings (SSSR count). The third-order valence-corrected chi connectivity index (χ3v) is 6.11. The highest BCUT2D eigenvalue weighted by Gasteiger charge is 2.47. The number of nitrogens with zero attached hydrogens (tertiary/aromatic N) is 3. The van der Waals surface area contributed by atoms with Gasteiger partial charge in [0.15, 0.2) is 0 Å². The molecule has 30 heavy (non-hydrogen) atoms. The molecule has 1 fully saturated rings. The van der Waals surface area contributed by atoms with Gasteiger partial charge >= 0.3 is 0 Å². The fraction of sp³-hybridized carbons (Fsp3) is 0.478. The molecule has 1 aromatic carbocycles. The summed E-state index contributed by atoms with van der Waals surface area (Å²) in [5, 5.41) is 6.40. The number of hydrogen-bond acceptors (Lipinski definition) is 5. The van der Waals surface area contributed by atoms with Crippen molar-refractivity contribution in [1.29, 1.82) is 0 Å². The normalized spacial score (nSPS) is 22.9. The number of fused-ring (bicyclic) bond motifs is 1. The SMILES string of the molecule is CCNC(=O)c1ccc2c(c1)C(Nc1cnc(C)cn1)C(C)C(C1CC1)N2C(C)=O. The van der Waals surface area contributed by atoms with E-state index in [4.69, 9.17) is 0 Å². The van der Waals surface area contributed by atoms with E-state index in [9.17, 15) is 9.59 Å². The minimum atomic E-state index is -0.111. The molecule has 2 heterocycles. The molecule has 0 bridgehead atoms. The molecule has 0 spiro atoms.